The lowest BCUT2D eigenvalue weighted by Crippen LogP contribution is -1.75. The molecular weight excluding hydrogens is 234 g/mol. The lowest BCUT2D eigenvalue weighted by atomic mass is 10.1. The van der Waals surface area contributed by atoms with Crippen LogP contribution in [-0.4, -0.2) is 17.7 Å². The molecule has 0 saturated heterocycles. The van der Waals surface area contributed by atoms with E-state index in [9.17, 15) is 0 Å². The zero-order valence-electron chi connectivity index (χ0n) is 7.69. The highest BCUT2D eigenvalue weighted by Crippen LogP contribution is 2.30. The molecule has 1 radical (unpaired) electrons. The second kappa shape index (κ2) is 5.98. The van der Waals surface area contributed by atoms with Crippen molar-refractivity contribution in [3.05, 3.63) is 46.4 Å². The third kappa shape index (κ3) is 3.11. The van der Waals surface area contributed by atoms with Crippen molar-refractivity contribution in [3.8, 4) is 0 Å². The van der Waals surface area contributed by atoms with Crippen molar-refractivity contribution in [1.29, 1.82) is 0 Å². The Labute approximate surface area is 98.4 Å². The van der Waals surface area contributed by atoms with E-state index in [2.05, 4.69) is 0 Å². The molecule has 0 aromatic heterocycles. The molecular formula is C10H8BCl2O2. The van der Waals surface area contributed by atoms with Crippen LogP contribution in [0.25, 0.3) is 10.8 Å². The first-order valence-electron chi connectivity index (χ1n) is 4.13. The summed E-state index contributed by atoms with van der Waals surface area (Å²) in [4.78, 5) is 0. The van der Waals surface area contributed by atoms with Crippen LogP contribution in [0.5, 0.6) is 0 Å². The second-order valence-corrected chi connectivity index (χ2v) is 3.48. The quantitative estimate of drug-likeness (QED) is 0.697. The molecule has 2 aromatic carbocycles. The monoisotopic (exact) mass is 241 g/mol. The summed E-state index contributed by atoms with van der Waals surface area (Å²) in [6, 6.07) is 11.7. The maximum atomic E-state index is 7.00. The summed E-state index contributed by atoms with van der Waals surface area (Å²) >= 11 is 11.8. The molecule has 2 nitrogen and oxygen atoms in total. The van der Waals surface area contributed by atoms with Crippen LogP contribution in [0.3, 0.4) is 0 Å². The Hall–Kier alpha value is -0.735. The van der Waals surface area contributed by atoms with Gasteiger partial charge in [0.1, 0.15) is 0 Å². The fourth-order valence-electron chi connectivity index (χ4n) is 1.21. The highest BCUT2D eigenvalue weighted by Gasteiger charge is 2.01. The van der Waals surface area contributed by atoms with Gasteiger partial charge in [-0.25, -0.2) is 0 Å². The van der Waals surface area contributed by atoms with E-state index in [1.807, 2.05) is 36.4 Å². The predicted octanol–water partition coefficient (Wildman–Crippen LogP) is 2.65. The molecule has 0 aliphatic carbocycles. The van der Waals surface area contributed by atoms with E-state index in [0.717, 1.165) is 10.8 Å². The average molecular weight is 242 g/mol. The van der Waals surface area contributed by atoms with Gasteiger partial charge in [-0.05, 0) is 11.5 Å². The van der Waals surface area contributed by atoms with E-state index in [-0.39, 0.29) is 7.69 Å². The van der Waals surface area contributed by atoms with Gasteiger partial charge in [0.05, 0.1) is 10.0 Å². The van der Waals surface area contributed by atoms with Crippen molar-refractivity contribution in [1.82, 2.24) is 0 Å². The molecule has 0 spiro atoms. The number of halogens is 2. The fourth-order valence-corrected chi connectivity index (χ4v) is 1.61. The van der Waals surface area contributed by atoms with E-state index < -0.39 is 0 Å². The van der Waals surface area contributed by atoms with Crippen LogP contribution in [0.15, 0.2) is 36.4 Å². The van der Waals surface area contributed by atoms with Gasteiger partial charge in [0.2, 0.25) is 0 Å². The first-order valence-corrected chi connectivity index (χ1v) is 4.89. The van der Waals surface area contributed by atoms with Crippen molar-refractivity contribution in [2.24, 2.45) is 0 Å². The minimum absolute atomic E-state index is 0. The van der Waals surface area contributed by atoms with E-state index in [1.54, 1.807) is 0 Å². The van der Waals surface area contributed by atoms with Crippen molar-refractivity contribution < 1.29 is 10.0 Å². The molecule has 0 amide bonds. The maximum absolute atomic E-state index is 7.00. The topological polar surface area (TPSA) is 40.5 Å². The molecule has 5 heteroatoms. The Balaban J connectivity index is 0.000000337. The summed E-state index contributed by atoms with van der Waals surface area (Å²) in [5, 5.41) is 17.4. The summed E-state index contributed by atoms with van der Waals surface area (Å²) in [5.41, 5.74) is 0. The minimum Gasteiger partial charge on any atom is -0.429 e. The maximum Gasteiger partial charge on any atom is 0.482 e. The van der Waals surface area contributed by atoms with Crippen LogP contribution in [-0.2, 0) is 0 Å². The average Bonchev–Trinajstić information content (AvgIpc) is 2.25. The molecule has 0 bridgehead atoms. The van der Waals surface area contributed by atoms with E-state index in [0.29, 0.717) is 10.0 Å². The van der Waals surface area contributed by atoms with Crippen LogP contribution in [0.2, 0.25) is 10.0 Å². The lowest BCUT2D eigenvalue weighted by molar-refractivity contribution is 0.448. The Morgan fingerprint density at radius 1 is 0.933 bits per heavy atom. The Bertz CT molecular complexity index is 448. The van der Waals surface area contributed by atoms with E-state index in [4.69, 9.17) is 33.2 Å². The molecule has 0 fully saturated rings. The first-order chi connectivity index (χ1) is 7.20. The summed E-state index contributed by atoms with van der Waals surface area (Å²) in [6.45, 7) is 0. The summed E-state index contributed by atoms with van der Waals surface area (Å²) in [6.07, 6.45) is 0. The van der Waals surface area contributed by atoms with Gasteiger partial charge in [-0.1, -0.05) is 53.5 Å². The van der Waals surface area contributed by atoms with Gasteiger partial charge in [0.25, 0.3) is 0 Å². The number of hydrogen-bond donors (Lipinski definition) is 2. The normalized spacial score (nSPS) is 9.33. The standard InChI is InChI=1S/C10H6Cl2.BH2O2/c11-9-6-5-7-3-1-2-4-8(7)10(9)12;2-1-3/h1-6H;2-3H. The molecule has 0 aliphatic heterocycles. The fraction of sp³-hybridized carbons (Fsp3) is 0. The van der Waals surface area contributed by atoms with Gasteiger partial charge in [0.15, 0.2) is 0 Å². The Morgan fingerprint density at radius 2 is 1.53 bits per heavy atom. The zero-order valence-corrected chi connectivity index (χ0v) is 9.20. The predicted molar refractivity (Wildman–Crippen MR) is 64.2 cm³/mol. The number of benzene rings is 2. The van der Waals surface area contributed by atoms with Crippen LogP contribution >= 0.6 is 23.2 Å². The largest absolute Gasteiger partial charge is 0.482 e. The Morgan fingerprint density at radius 3 is 2.20 bits per heavy atom. The number of fused-ring (bicyclic) bond motifs is 1. The molecule has 0 saturated carbocycles. The molecule has 0 unspecified atom stereocenters. The smallest absolute Gasteiger partial charge is 0.429 e. The molecule has 2 aromatic rings. The molecule has 77 valence electrons. The highest BCUT2D eigenvalue weighted by molar-refractivity contribution is 6.45. The van der Waals surface area contributed by atoms with Crippen molar-refractivity contribution >= 4 is 41.7 Å². The molecule has 0 aliphatic rings. The zero-order chi connectivity index (χ0) is 11.3. The molecule has 2 N–H and O–H groups in total. The first kappa shape index (κ1) is 12.3. The summed E-state index contributed by atoms with van der Waals surface area (Å²) in [7, 11) is 0. The van der Waals surface area contributed by atoms with Crippen molar-refractivity contribution in [3.63, 3.8) is 0 Å². The Kier molecular flexibility index (Phi) is 4.92. The van der Waals surface area contributed by atoms with Crippen LogP contribution in [0.4, 0.5) is 0 Å². The van der Waals surface area contributed by atoms with Gasteiger partial charge < -0.3 is 10.0 Å². The van der Waals surface area contributed by atoms with Gasteiger partial charge in [-0.3, -0.25) is 0 Å². The SMILES string of the molecule is Clc1ccc2ccccc2c1Cl.O[B]O. The lowest BCUT2D eigenvalue weighted by Gasteiger charge is -2.00. The molecule has 0 atom stereocenters. The van der Waals surface area contributed by atoms with E-state index in [1.165, 1.54) is 0 Å². The summed E-state index contributed by atoms with van der Waals surface area (Å²) in [5.74, 6) is 0. The van der Waals surface area contributed by atoms with Gasteiger partial charge in [-0.15, -0.1) is 0 Å². The highest BCUT2D eigenvalue weighted by atomic mass is 35.5. The van der Waals surface area contributed by atoms with Crippen LogP contribution in [0.1, 0.15) is 0 Å². The third-order valence-electron chi connectivity index (χ3n) is 1.82. The van der Waals surface area contributed by atoms with Gasteiger partial charge in [-0.2, -0.15) is 0 Å². The van der Waals surface area contributed by atoms with Gasteiger partial charge >= 0.3 is 7.69 Å². The van der Waals surface area contributed by atoms with E-state index >= 15 is 0 Å². The van der Waals surface area contributed by atoms with Crippen molar-refractivity contribution in [2.45, 2.75) is 0 Å². The minimum atomic E-state index is 0. The third-order valence-corrected chi connectivity index (χ3v) is 2.64. The second-order valence-electron chi connectivity index (χ2n) is 2.70. The van der Waals surface area contributed by atoms with Crippen LogP contribution < -0.4 is 0 Å². The van der Waals surface area contributed by atoms with Gasteiger partial charge in [0, 0.05) is 5.39 Å². The van der Waals surface area contributed by atoms with Crippen LogP contribution in [0, 0.1) is 0 Å². The molecule has 15 heavy (non-hydrogen) atoms. The summed E-state index contributed by atoms with van der Waals surface area (Å²) < 4.78 is 0. The number of rotatable bonds is 0. The number of hydrogen-bond acceptors (Lipinski definition) is 2. The van der Waals surface area contributed by atoms with Crippen molar-refractivity contribution in [2.75, 3.05) is 0 Å². The molecule has 0 heterocycles. The molecule has 2 rings (SSSR count).